The summed E-state index contributed by atoms with van der Waals surface area (Å²) in [5.41, 5.74) is -3.16. The van der Waals surface area contributed by atoms with Crippen LogP contribution in [0.5, 0.6) is 0 Å². The summed E-state index contributed by atoms with van der Waals surface area (Å²) in [7, 11) is 3.34. The number of hydrogen-bond donors (Lipinski definition) is 0. The normalized spacial score (nSPS) is 12.3. The number of benzene rings is 1. The van der Waals surface area contributed by atoms with Crippen molar-refractivity contribution in [3.05, 3.63) is 35.9 Å². The first kappa shape index (κ1) is 73.8. The van der Waals surface area contributed by atoms with Crippen molar-refractivity contribution in [1.29, 1.82) is 0 Å². The lowest BCUT2D eigenvalue weighted by Gasteiger charge is -2.34. The maximum absolute atomic E-state index is 14.2. The van der Waals surface area contributed by atoms with Gasteiger partial charge in [-0.2, -0.15) is 0 Å². The number of carbonyl (C=O) groups excluding carboxylic acids is 6. The van der Waals surface area contributed by atoms with Crippen LogP contribution in [-0.4, -0.2) is 186 Å². The lowest BCUT2D eigenvalue weighted by molar-refractivity contribution is 0.0113. The molecular weight excluding hydrogens is 1040 g/mol. The van der Waals surface area contributed by atoms with Crippen LogP contribution >= 0.6 is 0 Å². The van der Waals surface area contributed by atoms with Crippen molar-refractivity contribution in [1.82, 2.24) is 29.4 Å². The molecule has 0 aromatic heterocycles. The second-order valence-corrected chi connectivity index (χ2v) is 27.3. The third kappa shape index (κ3) is 38.3. The second kappa shape index (κ2) is 35.1. The van der Waals surface area contributed by atoms with Gasteiger partial charge in [0.2, 0.25) is 0 Å². The van der Waals surface area contributed by atoms with Gasteiger partial charge in [-0.3, -0.25) is 0 Å². The van der Waals surface area contributed by atoms with E-state index in [1.54, 1.807) is 33.7 Å². The topological polar surface area (TPSA) is 186 Å². The molecule has 0 saturated carbocycles. The Balaban J connectivity index is 3.46. The third-order valence-corrected chi connectivity index (χ3v) is 11.8. The van der Waals surface area contributed by atoms with Crippen LogP contribution < -0.4 is 0 Å². The van der Waals surface area contributed by atoms with Crippen LogP contribution in [-0.2, 0) is 39.8 Å². The Morgan fingerprint density at radius 2 is 0.654 bits per heavy atom. The first-order valence-corrected chi connectivity index (χ1v) is 29.6. The maximum atomic E-state index is 14.2. The molecule has 468 valence electrons. The lowest BCUT2D eigenvalue weighted by atomic mass is 9.99. The van der Waals surface area contributed by atoms with E-state index >= 15 is 0 Å². The van der Waals surface area contributed by atoms with E-state index in [2.05, 4.69) is 12.1 Å². The summed E-state index contributed by atoms with van der Waals surface area (Å²) in [6, 6.07) is 10.1. The third-order valence-electron chi connectivity index (χ3n) is 11.8. The standard InChI is InChI=1S/C62H112N6O13/c1-57(2,3)76-51(69)63(19)37-32-43-65(53(71)78-59(7,8)9)39-27-29-41-67(55(73)80-61(13,14)15)46-50(36-24-21-22-31-45-75-48-49-34-25-23-26-35-49)47-68(56(74)81-62(16,17)18)42-30-28-40-66(54(72)79-60(10,11)12)44-33-38-64(20)52(70)77-58(4,5)6/h23,25-26,34-35,50H,21-22,24,27-33,36-48H2,1-20H3. The number of hydrogen-bond acceptors (Lipinski definition) is 13. The Labute approximate surface area is 489 Å². The number of amides is 6. The van der Waals surface area contributed by atoms with Gasteiger partial charge < -0.3 is 62.6 Å². The van der Waals surface area contributed by atoms with Crippen LogP contribution in [0.25, 0.3) is 0 Å². The highest BCUT2D eigenvalue weighted by molar-refractivity contribution is 5.70. The summed E-state index contributed by atoms with van der Waals surface area (Å²) < 4.78 is 40.7. The fourth-order valence-electron chi connectivity index (χ4n) is 8.10. The van der Waals surface area contributed by atoms with Crippen LogP contribution in [0, 0.1) is 5.92 Å². The first-order valence-electron chi connectivity index (χ1n) is 29.6. The smallest absolute Gasteiger partial charge is 0.410 e. The maximum Gasteiger partial charge on any atom is 0.410 e. The van der Waals surface area contributed by atoms with Crippen molar-refractivity contribution in [2.45, 2.75) is 235 Å². The Bertz CT molecular complexity index is 1880. The molecule has 0 heterocycles. The van der Waals surface area contributed by atoms with E-state index in [1.807, 2.05) is 143 Å². The Morgan fingerprint density at radius 3 is 1.00 bits per heavy atom. The van der Waals surface area contributed by atoms with Crippen LogP contribution in [0.3, 0.4) is 0 Å². The summed E-state index contributed by atoms with van der Waals surface area (Å²) >= 11 is 0. The highest BCUT2D eigenvalue weighted by atomic mass is 16.6. The SMILES string of the molecule is CN(CCCN(CCCCN(CC(CCCCCCOCc1ccccc1)CN(CCCCN(CCCN(C)C(=O)OC(C)(C)C)C(=O)OC(C)(C)C)C(=O)OC(C)(C)C)C(=O)OC(C)(C)C)C(=O)OC(C)(C)C)C(=O)OC(C)(C)C. The van der Waals surface area contributed by atoms with Crippen molar-refractivity contribution in [3.63, 3.8) is 0 Å². The molecule has 19 heteroatoms. The zero-order chi connectivity index (χ0) is 61.8. The van der Waals surface area contributed by atoms with E-state index in [0.717, 1.165) is 31.2 Å². The van der Waals surface area contributed by atoms with Gasteiger partial charge >= 0.3 is 36.6 Å². The van der Waals surface area contributed by atoms with Crippen LogP contribution in [0.2, 0.25) is 0 Å². The minimum atomic E-state index is -0.781. The number of rotatable bonds is 31. The molecule has 1 aromatic carbocycles. The molecule has 1 aromatic rings. The van der Waals surface area contributed by atoms with Gasteiger partial charge in [0.25, 0.3) is 0 Å². The summed E-state index contributed by atoms with van der Waals surface area (Å²) in [6.45, 7) is 37.4. The molecule has 0 radical (unpaired) electrons. The van der Waals surface area contributed by atoms with Crippen LogP contribution in [0.15, 0.2) is 30.3 Å². The molecule has 81 heavy (non-hydrogen) atoms. The quantitative estimate of drug-likeness (QED) is 0.0505. The van der Waals surface area contributed by atoms with Crippen LogP contribution in [0.1, 0.15) is 201 Å². The summed E-state index contributed by atoms with van der Waals surface area (Å²) in [5, 5.41) is 0. The monoisotopic (exact) mass is 1150 g/mol. The molecule has 0 atom stereocenters. The molecule has 1 rings (SSSR count). The molecule has 0 spiro atoms. The molecule has 0 aliphatic rings. The molecule has 0 aliphatic carbocycles. The zero-order valence-corrected chi connectivity index (χ0v) is 54.2. The average Bonchev–Trinajstić information content (AvgIpc) is 3.29. The average molecular weight is 1150 g/mol. The fraction of sp³-hybridized carbons (Fsp3) is 0.806. The van der Waals surface area contributed by atoms with Gasteiger partial charge in [0, 0.05) is 86.1 Å². The van der Waals surface area contributed by atoms with Crippen molar-refractivity contribution >= 4 is 36.6 Å². The summed E-state index contributed by atoms with van der Waals surface area (Å²) in [4.78, 5) is 90.7. The second-order valence-electron chi connectivity index (χ2n) is 27.3. The van der Waals surface area contributed by atoms with Gasteiger partial charge in [-0.05, 0) is 187 Å². The number of nitrogens with zero attached hydrogens (tertiary/aromatic N) is 6. The van der Waals surface area contributed by atoms with Crippen molar-refractivity contribution in [2.24, 2.45) is 5.92 Å². The molecule has 0 bridgehead atoms. The van der Waals surface area contributed by atoms with Gasteiger partial charge in [0.05, 0.1) is 6.61 Å². The minimum Gasteiger partial charge on any atom is -0.444 e. The number of ether oxygens (including phenoxy) is 7. The molecule has 0 fully saturated rings. The first-order chi connectivity index (χ1) is 37.2. The van der Waals surface area contributed by atoms with E-state index in [0.29, 0.717) is 124 Å². The predicted molar refractivity (Wildman–Crippen MR) is 319 cm³/mol. The Kier molecular flexibility index (Phi) is 31.9. The molecule has 19 nitrogen and oxygen atoms in total. The van der Waals surface area contributed by atoms with Gasteiger partial charge in [-0.1, -0.05) is 49.6 Å². The van der Waals surface area contributed by atoms with E-state index in [9.17, 15) is 28.8 Å². The summed E-state index contributed by atoms with van der Waals surface area (Å²) in [5.74, 6) is -0.181. The number of carbonyl (C=O) groups is 6. The predicted octanol–water partition coefficient (Wildman–Crippen LogP) is 13.8. The van der Waals surface area contributed by atoms with Gasteiger partial charge in [0.15, 0.2) is 0 Å². The Hall–Kier alpha value is -5.20. The van der Waals surface area contributed by atoms with Gasteiger partial charge in [-0.25, -0.2) is 28.8 Å². The highest BCUT2D eigenvalue weighted by Crippen LogP contribution is 2.22. The zero-order valence-electron chi connectivity index (χ0n) is 54.2. The highest BCUT2D eigenvalue weighted by Gasteiger charge is 2.31. The van der Waals surface area contributed by atoms with Gasteiger partial charge in [0.1, 0.15) is 33.6 Å². The van der Waals surface area contributed by atoms with E-state index < -0.39 is 70.2 Å². The van der Waals surface area contributed by atoms with Crippen molar-refractivity contribution in [2.75, 3.05) is 86.1 Å². The largest absolute Gasteiger partial charge is 0.444 e. The Morgan fingerprint density at radius 1 is 0.358 bits per heavy atom. The molecule has 0 N–H and O–H groups in total. The van der Waals surface area contributed by atoms with E-state index in [4.69, 9.17) is 33.2 Å². The van der Waals surface area contributed by atoms with E-state index in [1.165, 1.54) is 9.80 Å². The molecule has 0 unspecified atom stereocenters. The van der Waals surface area contributed by atoms with Gasteiger partial charge in [-0.15, -0.1) is 0 Å². The van der Waals surface area contributed by atoms with Crippen LogP contribution in [0.4, 0.5) is 28.8 Å². The molecule has 0 saturated heterocycles. The van der Waals surface area contributed by atoms with Crippen molar-refractivity contribution in [3.8, 4) is 0 Å². The summed E-state index contributed by atoms with van der Waals surface area (Å²) in [6.07, 6.45) is 4.71. The van der Waals surface area contributed by atoms with Crippen molar-refractivity contribution < 1.29 is 61.9 Å². The fourth-order valence-corrected chi connectivity index (χ4v) is 8.10. The van der Waals surface area contributed by atoms with E-state index in [-0.39, 0.29) is 5.92 Å². The number of unbranched alkanes of at least 4 members (excludes halogenated alkanes) is 5. The molecular formula is C62H112N6O13. The lowest BCUT2D eigenvalue weighted by Crippen LogP contribution is -2.45. The molecule has 6 amide bonds. The molecule has 0 aliphatic heterocycles. The minimum absolute atomic E-state index is 0.181.